The fraction of sp³-hybridized carbons (Fsp3) is 0.250. The van der Waals surface area contributed by atoms with E-state index in [1.54, 1.807) is 30.0 Å². The molecule has 21 heavy (non-hydrogen) atoms. The first kappa shape index (κ1) is 15.6. The van der Waals surface area contributed by atoms with Gasteiger partial charge in [-0.25, -0.2) is 0 Å². The number of benzene rings is 2. The van der Waals surface area contributed by atoms with Crippen molar-refractivity contribution < 1.29 is 13.5 Å². The molecule has 0 aliphatic heterocycles. The van der Waals surface area contributed by atoms with Crippen LogP contribution in [0.25, 0.3) is 0 Å². The zero-order chi connectivity index (χ0) is 15.2. The molecule has 0 aliphatic carbocycles. The Morgan fingerprint density at radius 1 is 1.05 bits per heavy atom. The van der Waals surface area contributed by atoms with Gasteiger partial charge in [0, 0.05) is 10.9 Å². The van der Waals surface area contributed by atoms with E-state index in [1.165, 1.54) is 11.0 Å². The maximum atomic E-state index is 12.4. The standard InChI is InChI=1S/C16H17F2NOS/c1-11(12-7-9-13(21-2)10-8-12)19-14-5-3-4-6-15(14)20-16(17)18/h3-11,16,19H,1-2H3. The van der Waals surface area contributed by atoms with Crippen molar-refractivity contribution in [1.29, 1.82) is 0 Å². The maximum Gasteiger partial charge on any atom is 0.387 e. The van der Waals surface area contributed by atoms with Gasteiger partial charge in [0.2, 0.25) is 0 Å². The van der Waals surface area contributed by atoms with Gasteiger partial charge >= 0.3 is 6.61 Å². The number of hydrogen-bond donors (Lipinski definition) is 1. The lowest BCUT2D eigenvalue weighted by Gasteiger charge is -2.18. The molecule has 0 heterocycles. The van der Waals surface area contributed by atoms with E-state index in [0.717, 1.165) is 5.56 Å². The highest BCUT2D eigenvalue weighted by molar-refractivity contribution is 7.98. The summed E-state index contributed by atoms with van der Waals surface area (Å²) in [5.74, 6) is 0.153. The van der Waals surface area contributed by atoms with E-state index in [1.807, 2.05) is 37.4 Å². The van der Waals surface area contributed by atoms with Gasteiger partial charge in [0.05, 0.1) is 5.69 Å². The molecule has 1 unspecified atom stereocenters. The van der Waals surface area contributed by atoms with Crippen LogP contribution in [-0.2, 0) is 0 Å². The van der Waals surface area contributed by atoms with Crippen LogP contribution in [0.4, 0.5) is 14.5 Å². The summed E-state index contributed by atoms with van der Waals surface area (Å²) in [5, 5.41) is 3.20. The number of alkyl halides is 2. The lowest BCUT2D eigenvalue weighted by atomic mass is 10.1. The molecule has 2 rings (SSSR count). The molecule has 0 aromatic heterocycles. The smallest absolute Gasteiger partial charge is 0.387 e. The number of hydrogen-bond acceptors (Lipinski definition) is 3. The minimum atomic E-state index is -2.83. The molecule has 5 heteroatoms. The molecular formula is C16H17F2NOS. The largest absolute Gasteiger partial charge is 0.433 e. The first-order valence-electron chi connectivity index (χ1n) is 6.54. The zero-order valence-electron chi connectivity index (χ0n) is 11.8. The summed E-state index contributed by atoms with van der Waals surface area (Å²) >= 11 is 1.68. The summed E-state index contributed by atoms with van der Waals surface area (Å²) in [6, 6.07) is 14.8. The van der Waals surface area contributed by atoms with Crippen molar-refractivity contribution in [3.8, 4) is 5.75 Å². The van der Waals surface area contributed by atoms with Gasteiger partial charge in [0.25, 0.3) is 0 Å². The van der Waals surface area contributed by atoms with E-state index in [2.05, 4.69) is 10.1 Å². The van der Waals surface area contributed by atoms with Crippen LogP contribution < -0.4 is 10.1 Å². The molecule has 2 aromatic rings. The molecule has 1 atom stereocenters. The van der Waals surface area contributed by atoms with Crippen molar-refractivity contribution in [2.45, 2.75) is 24.5 Å². The summed E-state index contributed by atoms with van der Waals surface area (Å²) in [6.07, 6.45) is 2.02. The summed E-state index contributed by atoms with van der Waals surface area (Å²) in [4.78, 5) is 1.19. The first-order chi connectivity index (χ1) is 10.1. The Kier molecular flexibility index (Phi) is 5.44. The summed E-state index contributed by atoms with van der Waals surface area (Å²) in [7, 11) is 0. The third-order valence-electron chi connectivity index (χ3n) is 3.09. The highest BCUT2D eigenvalue weighted by atomic mass is 32.2. The van der Waals surface area contributed by atoms with Crippen LogP contribution in [0.2, 0.25) is 0 Å². The third-order valence-corrected chi connectivity index (χ3v) is 3.83. The number of thioether (sulfide) groups is 1. The van der Waals surface area contributed by atoms with Gasteiger partial charge < -0.3 is 10.1 Å². The molecule has 1 N–H and O–H groups in total. The lowest BCUT2D eigenvalue weighted by Crippen LogP contribution is -2.10. The van der Waals surface area contributed by atoms with E-state index < -0.39 is 6.61 Å². The molecular weight excluding hydrogens is 292 g/mol. The number of nitrogens with one attached hydrogen (secondary N) is 1. The summed E-state index contributed by atoms with van der Waals surface area (Å²) in [5.41, 5.74) is 1.64. The molecule has 0 fully saturated rings. The Morgan fingerprint density at radius 2 is 1.71 bits per heavy atom. The molecule has 0 aliphatic rings. The van der Waals surface area contributed by atoms with E-state index in [9.17, 15) is 8.78 Å². The average Bonchev–Trinajstić information content (AvgIpc) is 2.49. The number of rotatable bonds is 6. The van der Waals surface area contributed by atoms with E-state index in [4.69, 9.17) is 0 Å². The van der Waals surface area contributed by atoms with Crippen LogP contribution in [0.5, 0.6) is 5.75 Å². The molecule has 2 aromatic carbocycles. The van der Waals surface area contributed by atoms with Gasteiger partial charge in [-0.15, -0.1) is 11.8 Å². The van der Waals surface area contributed by atoms with Crippen LogP contribution in [0.15, 0.2) is 53.4 Å². The molecule has 2 nitrogen and oxygen atoms in total. The molecule has 0 saturated carbocycles. The Hall–Kier alpha value is -1.75. The van der Waals surface area contributed by atoms with Gasteiger partial charge in [0.1, 0.15) is 5.75 Å². The van der Waals surface area contributed by atoms with E-state index in [-0.39, 0.29) is 11.8 Å². The first-order valence-corrected chi connectivity index (χ1v) is 7.77. The minimum Gasteiger partial charge on any atom is -0.433 e. The molecule has 0 amide bonds. The zero-order valence-corrected chi connectivity index (χ0v) is 12.7. The fourth-order valence-corrected chi connectivity index (χ4v) is 2.40. The second-order valence-corrected chi connectivity index (χ2v) is 5.39. The highest BCUT2D eigenvalue weighted by Crippen LogP contribution is 2.29. The molecule has 0 spiro atoms. The van der Waals surface area contributed by atoms with Gasteiger partial charge in [-0.1, -0.05) is 24.3 Å². The van der Waals surface area contributed by atoms with Crippen LogP contribution in [0.1, 0.15) is 18.5 Å². The van der Waals surface area contributed by atoms with E-state index in [0.29, 0.717) is 5.69 Å². The molecule has 112 valence electrons. The predicted molar refractivity (Wildman–Crippen MR) is 83.3 cm³/mol. The number of halogens is 2. The number of anilines is 1. The highest BCUT2D eigenvalue weighted by Gasteiger charge is 2.12. The predicted octanol–water partition coefficient (Wildman–Crippen LogP) is 5.18. The van der Waals surface area contributed by atoms with Gasteiger partial charge in [-0.05, 0) is 43.0 Å². The fourth-order valence-electron chi connectivity index (χ4n) is 1.99. The van der Waals surface area contributed by atoms with Crippen LogP contribution in [-0.4, -0.2) is 12.9 Å². The van der Waals surface area contributed by atoms with Gasteiger partial charge in [-0.2, -0.15) is 8.78 Å². The lowest BCUT2D eigenvalue weighted by molar-refractivity contribution is -0.0493. The SMILES string of the molecule is CSc1ccc(C(C)Nc2ccccc2OC(F)F)cc1. The molecule has 0 radical (unpaired) electrons. The van der Waals surface area contributed by atoms with Gasteiger partial charge in [0.15, 0.2) is 0 Å². The average molecular weight is 309 g/mol. The Balaban J connectivity index is 2.13. The third kappa shape index (κ3) is 4.36. The van der Waals surface area contributed by atoms with Crippen molar-refractivity contribution in [3.63, 3.8) is 0 Å². The quantitative estimate of drug-likeness (QED) is 0.743. The number of ether oxygens (including phenoxy) is 1. The summed E-state index contributed by atoms with van der Waals surface area (Å²) < 4.78 is 29.3. The Bertz CT molecular complexity index is 575. The van der Waals surface area contributed by atoms with Crippen molar-refractivity contribution in [3.05, 3.63) is 54.1 Å². The van der Waals surface area contributed by atoms with Gasteiger partial charge in [-0.3, -0.25) is 0 Å². The molecule has 0 bridgehead atoms. The minimum absolute atomic E-state index is 0.0108. The van der Waals surface area contributed by atoms with Crippen molar-refractivity contribution in [2.75, 3.05) is 11.6 Å². The number of para-hydroxylation sites is 2. The maximum absolute atomic E-state index is 12.4. The van der Waals surface area contributed by atoms with Crippen LogP contribution >= 0.6 is 11.8 Å². The Labute approximate surface area is 127 Å². The normalized spacial score (nSPS) is 12.2. The second kappa shape index (κ2) is 7.31. The van der Waals surface area contributed by atoms with E-state index >= 15 is 0 Å². The van der Waals surface area contributed by atoms with Crippen LogP contribution in [0.3, 0.4) is 0 Å². The monoisotopic (exact) mass is 309 g/mol. The van der Waals surface area contributed by atoms with Crippen molar-refractivity contribution >= 4 is 17.4 Å². The van der Waals surface area contributed by atoms with Crippen LogP contribution in [0, 0.1) is 0 Å². The summed E-state index contributed by atoms with van der Waals surface area (Å²) in [6.45, 7) is -0.850. The Morgan fingerprint density at radius 3 is 2.33 bits per heavy atom. The van der Waals surface area contributed by atoms with Crippen molar-refractivity contribution in [1.82, 2.24) is 0 Å². The van der Waals surface area contributed by atoms with Crippen molar-refractivity contribution in [2.24, 2.45) is 0 Å². The second-order valence-electron chi connectivity index (χ2n) is 4.51. The molecule has 0 saturated heterocycles. The topological polar surface area (TPSA) is 21.3 Å².